The van der Waals surface area contributed by atoms with E-state index in [0.717, 1.165) is 0 Å². The molecule has 0 unspecified atom stereocenters. The van der Waals surface area contributed by atoms with Gasteiger partial charge in [0.1, 0.15) is 0 Å². The molecule has 0 spiro atoms. The van der Waals surface area contributed by atoms with Crippen molar-refractivity contribution in [1.29, 1.82) is 0 Å². The van der Waals surface area contributed by atoms with Gasteiger partial charge in [-0.25, -0.2) is 0 Å². The zero-order valence-corrected chi connectivity index (χ0v) is 6.89. The van der Waals surface area contributed by atoms with E-state index in [-0.39, 0.29) is 13.2 Å². The standard InChI is InChI=1S/C4H6B2BrNO2/c5-4(6,7)3(10)8-1-2-9/h9H,1-2H2,(H,8,10). The number of halogens is 1. The molecule has 0 aliphatic heterocycles. The van der Waals surface area contributed by atoms with Gasteiger partial charge >= 0.3 is 0 Å². The largest absolute Gasteiger partial charge is 0.395 e. The Labute approximate surface area is 70.5 Å². The smallest absolute Gasteiger partial charge is 0.219 e. The Morgan fingerprint density at radius 3 is 2.50 bits per heavy atom. The van der Waals surface area contributed by atoms with Gasteiger partial charge in [-0.15, -0.1) is 0 Å². The van der Waals surface area contributed by atoms with E-state index in [2.05, 4.69) is 21.2 Å². The highest BCUT2D eigenvalue weighted by Gasteiger charge is 2.21. The SMILES string of the molecule is [B]C([B])(Br)C(=O)NCCO. The van der Waals surface area contributed by atoms with Crippen molar-refractivity contribution in [2.75, 3.05) is 13.2 Å². The van der Waals surface area contributed by atoms with Crippen molar-refractivity contribution < 1.29 is 9.90 Å². The molecule has 0 atom stereocenters. The number of aliphatic hydroxyl groups excluding tert-OH is 1. The van der Waals surface area contributed by atoms with Crippen LogP contribution in [0.4, 0.5) is 0 Å². The fourth-order valence-corrected chi connectivity index (χ4v) is 0.445. The number of carbonyl (C=O) groups is 1. The average Bonchev–Trinajstić information content (AvgIpc) is 1.80. The van der Waals surface area contributed by atoms with Crippen LogP contribution in [0, 0.1) is 0 Å². The molecular weight excluding hydrogens is 196 g/mol. The summed E-state index contributed by atoms with van der Waals surface area (Å²) in [6.07, 6.45) is 0. The van der Waals surface area contributed by atoms with Crippen molar-refractivity contribution in [3.8, 4) is 0 Å². The van der Waals surface area contributed by atoms with Crippen LogP contribution in [-0.4, -0.2) is 44.0 Å². The maximum absolute atomic E-state index is 10.7. The predicted octanol–water partition coefficient (Wildman–Crippen LogP) is -1.52. The zero-order valence-electron chi connectivity index (χ0n) is 5.30. The van der Waals surface area contributed by atoms with Gasteiger partial charge in [-0.1, -0.05) is 15.9 Å². The first-order valence-electron chi connectivity index (χ1n) is 2.64. The molecule has 0 aromatic heterocycles. The zero-order chi connectivity index (χ0) is 8.20. The maximum Gasteiger partial charge on any atom is 0.219 e. The maximum atomic E-state index is 10.7. The molecule has 0 aliphatic rings. The number of carbonyl (C=O) groups excluding carboxylic acids is 1. The fraction of sp³-hybridized carbons (Fsp3) is 0.750. The molecule has 1 amide bonds. The quantitative estimate of drug-likeness (QED) is 0.431. The Balaban J connectivity index is 3.64. The molecule has 0 rings (SSSR count). The summed E-state index contributed by atoms with van der Waals surface area (Å²) in [6, 6.07) is 0. The second kappa shape index (κ2) is 4.03. The summed E-state index contributed by atoms with van der Waals surface area (Å²) in [4.78, 5) is 10.7. The third kappa shape index (κ3) is 3.95. The van der Waals surface area contributed by atoms with Crippen molar-refractivity contribution >= 4 is 37.5 Å². The van der Waals surface area contributed by atoms with Crippen molar-refractivity contribution in [3.63, 3.8) is 0 Å². The van der Waals surface area contributed by atoms with Crippen LogP contribution in [0.2, 0.25) is 0 Å². The van der Waals surface area contributed by atoms with Crippen LogP contribution in [0.1, 0.15) is 0 Å². The second-order valence-corrected chi connectivity index (χ2v) is 3.06. The summed E-state index contributed by atoms with van der Waals surface area (Å²) in [5, 5.41) is 10.6. The van der Waals surface area contributed by atoms with Crippen LogP contribution in [0.15, 0.2) is 0 Å². The Hall–Kier alpha value is 0.0399. The van der Waals surface area contributed by atoms with Gasteiger partial charge in [-0.2, -0.15) is 0 Å². The summed E-state index contributed by atoms with van der Waals surface area (Å²) in [6.45, 7) is 0.0232. The molecule has 0 saturated carbocycles. The van der Waals surface area contributed by atoms with Gasteiger partial charge < -0.3 is 10.4 Å². The highest BCUT2D eigenvalue weighted by molar-refractivity contribution is 9.11. The van der Waals surface area contributed by atoms with E-state index < -0.39 is 10.0 Å². The van der Waals surface area contributed by atoms with E-state index in [0.29, 0.717) is 0 Å². The van der Waals surface area contributed by atoms with Crippen LogP contribution in [0.25, 0.3) is 0 Å². The van der Waals surface area contributed by atoms with E-state index in [1.165, 1.54) is 0 Å². The van der Waals surface area contributed by atoms with Gasteiger partial charge in [-0.3, -0.25) is 4.79 Å². The summed E-state index contributed by atoms with van der Waals surface area (Å²) in [5.74, 6) is -0.554. The third-order valence-corrected chi connectivity index (χ3v) is 1.11. The number of hydrogen-bond donors (Lipinski definition) is 2. The molecule has 0 aliphatic carbocycles. The van der Waals surface area contributed by atoms with Gasteiger partial charge in [0.05, 0.1) is 22.3 Å². The van der Waals surface area contributed by atoms with Crippen LogP contribution in [-0.2, 0) is 4.79 Å². The Bertz CT molecular complexity index is 125. The molecule has 6 heteroatoms. The van der Waals surface area contributed by atoms with Crippen molar-refractivity contribution in [2.45, 2.75) is 4.12 Å². The van der Waals surface area contributed by atoms with E-state index in [9.17, 15) is 4.79 Å². The summed E-state index contributed by atoms with van der Waals surface area (Å²) < 4.78 is -1.54. The predicted molar refractivity (Wildman–Crippen MR) is 43.3 cm³/mol. The van der Waals surface area contributed by atoms with Crippen LogP contribution >= 0.6 is 15.9 Å². The van der Waals surface area contributed by atoms with Crippen LogP contribution < -0.4 is 5.32 Å². The average molecular weight is 202 g/mol. The molecule has 0 saturated heterocycles. The van der Waals surface area contributed by atoms with Gasteiger partial charge in [0.15, 0.2) is 0 Å². The lowest BCUT2D eigenvalue weighted by molar-refractivity contribution is -0.120. The number of hydrogen-bond acceptors (Lipinski definition) is 2. The fourth-order valence-electron chi connectivity index (χ4n) is 0.305. The van der Waals surface area contributed by atoms with E-state index in [1.54, 1.807) is 0 Å². The Morgan fingerprint density at radius 1 is 1.70 bits per heavy atom. The van der Waals surface area contributed by atoms with Gasteiger partial charge in [0, 0.05) is 10.7 Å². The van der Waals surface area contributed by atoms with Gasteiger partial charge in [0.25, 0.3) is 0 Å². The number of nitrogens with one attached hydrogen (secondary N) is 1. The number of alkyl halides is 1. The minimum absolute atomic E-state index is 0.130. The topological polar surface area (TPSA) is 49.3 Å². The molecule has 0 bridgehead atoms. The summed E-state index contributed by atoms with van der Waals surface area (Å²) in [7, 11) is 10.2. The van der Waals surface area contributed by atoms with E-state index >= 15 is 0 Å². The molecular formula is C4H6B2BrNO2. The lowest BCUT2D eigenvalue weighted by atomic mass is 9.70. The third-order valence-electron chi connectivity index (χ3n) is 0.745. The normalized spacial score (nSPS) is 11.0. The Kier molecular flexibility index (Phi) is 4.05. The van der Waals surface area contributed by atoms with Crippen molar-refractivity contribution in [2.24, 2.45) is 0 Å². The van der Waals surface area contributed by atoms with Crippen molar-refractivity contribution in [3.05, 3.63) is 0 Å². The van der Waals surface area contributed by atoms with Crippen LogP contribution in [0.5, 0.6) is 0 Å². The lowest BCUT2D eigenvalue weighted by Gasteiger charge is -2.15. The molecule has 52 valence electrons. The first-order chi connectivity index (χ1) is 4.48. The highest BCUT2D eigenvalue weighted by Crippen LogP contribution is 2.06. The Morgan fingerprint density at radius 2 is 2.20 bits per heavy atom. The molecule has 0 heterocycles. The van der Waals surface area contributed by atoms with Gasteiger partial charge in [-0.05, 0) is 0 Å². The minimum Gasteiger partial charge on any atom is -0.395 e. The van der Waals surface area contributed by atoms with Crippen molar-refractivity contribution in [1.82, 2.24) is 5.32 Å². The van der Waals surface area contributed by atoms with Crippen LogP contribution in [0.3, 0.4) is 0 Å². The summed E-state index contributed by atoms with van der Waals surface area (Å²) in [5.41, 5.74) is 0. The number of amides is 1. The molecule has 0 aromatic rings. The van der Waals surface area contributed by atoms with Gasteiger partial charge in [0.2, 0.25) is 5.91 Å². The molecule has 2 N–H and O–H groups in total. The first kappa shape index (κ1) is 10.0. The molecule has 0 fully saturated rings. The highest BCUT2D eigenvalue weighted by atomic mass is 79.9. The second-order valence-electron chi connectivity index (χ2n) is 1.75. The molecule has 10 heavy (non-hydrogen) atoms. The minimum atomic E-state index is -1.54. The molecule has 0 aromatic carbocycles. The first-order valence-corrected chi connectivity index (χ1v) is 3.43. The molecule has 3 nitrogen and oxygen atoms in total. The summed E-state index contributed by atoms with van der Waals surface area (Å²) >= 11 is 2.74. The molecule has 4 radical (unpaired) electrons. The lowest BCUT2D eigenvalue weighted by Crippen LogP contribution is -2.43. The monoisotopic (exact) mass is 201 g/mol. The number of aliphatic hydroxyl groups is 1. The number of rotatable bonds is 3. The van der Waals surface area contributed by atoms with E-state index in [4.69, 9.17) is 20.8 Å². The van der Waals surface area contributed by atoms with E-state index in [1.807, 2.05) is 0 Å².